The van der Waals surface area contributed by atoms with Crippen molar-refractivity contribution in [2.24, 2.45) is 16.3 Å². The van der Waals surface area contributed by atoms with Crippen molar-refractivity contribution in [3.63, 3.8) is 0 Å². The summed E-state index contributed by atoms with van der Waals surface area (Å²) in [5.74, 6) is 0.0564. The third-order valence-electron chi connectivity index (χ3n) is 2.74. The van der Waals surface area contributed by atoms with Crippen LogP contribution in [0.4, 0.5) is 5.69 Å². The number of hydrogen-bond acceptors (Lipinski definition) is 4. The maximum absolute atomic E-state index is 12.1. The summed E-state index contributed by atoms with van der Waals surface area (Å²) in [7, 11) is 1.54. The number of amidine groups is 1. The van der Waals surface area contributed by atoms with Crippen LogP contribution in [0.2, 0.25) is 0 Å². The Labute approximate surface area is 119 Å². The zero-order valence-electron chi connectivity index (χ0n) is 10.9. The van der Waals surface area contributed by atoms with Gasteiger partial charge in [0.15, 0.2) is 5.84 Å². The molecule has 0 saturated carbocycles. The highest BCUT2D eigenvalue weighted by Gasteiger charge is 2.33. The van der Waals surface area contributed by atoms with E-state index in [4.69, 9.17) is 15.7 Å². The van der Waals surface area contributed by atoms with E-state index in [1.165, 1.54) is 7.11 Å². The minimum absolute atomic E-state index is 0.163. The lowest BCUT2D eigenvalue weighted by molar-refractivity contribution is -0.121. The van der Waals surface area contributed by atoms with Gasteiger partial charge in [-0.2, -0.15) is 0 Å². The normalized spacial score (nSPS) is 12.1. The topological polar surface area (TPSA) is 96.9 Å². The molecule has 0 aliphatic rings. The fraction of sp³-hybridized carbons (Fsp3) is 0.333. The quantitative estimate of drug-likeness (QED) is 0.341. The number of methoxy groups -OCH3 is 1. The van der Waals surface area contributed by atoms with Crippen LogP contribution in [-0.4, -0.2) is 24.1 Å². The van der Waals surface area contributed by atoms with Crippen LogP contribution in [0.15, 0.2) is 27.8 Å². The molecule has 0 spiro atoms. The molecule has 1 rings (SSSR count). The predicted octanol–water partition coefficient (Wildman–Crippen LogP) is 2.17. The van der Waals surface area contributed by atoms with E-state index < -0.39 is 11.3 Å². The van der Waals surface area contributed by atoms with E-state index in [0.717, 1.165) is 0 Å². The first-order chi connectivity index (χ1) is 8.82. The van der Waals surface area contributed by atoms with E-state index in [2.05, 4.69) is 26.4 Å². The Morgan fingerprint density at radius 2 is 2.16 bits per heavy atom. The smallest absolute Gasteiger partial charge is 0.237 e. The Kier molecular flexibility index (Phi) is 4.77. The average molecular weight is 330 g/mol. The van der Waals surface area contributed by atoms with E-state index >= 15 is 0 Å². The second kappa shape index (κ2) is 5.92. The molecule has 104 valence electrons. The number of carbonyl (C=O) groups excluding carboxylic acids is 1. The van der Waals surface area contributed by atoms with Gasteiger partial charge in [0.25, 0.3) is 0 Å². The monoisotopic (exact) mass is 329 g/mol. The molecular formula is C12H16BrN3O3. The fourth-order valence-corrected chi connectivity index (χ4v) is 1.59. The Morgan fingerprint density at radius 3 is 2.68 bits per heavy atom. The van der Waals surface area contributed by atoms with Crippen LogP contribution in [0.1, 0.15) is 13.8 Å². The molecule has 6 nitrogen and oxygen atoms in total. The lowest BCUT2D eigenvalue weighted by Gasteiger charge is -2.22. The van der Waals surface area contributed by atoms with Crippen LogP contribution in [0, 0.1) is 5.41 Å². The number of ether oxygens (including phenoxy) is 1. The van der Waals surface area contributed by atoms with Gasteiger partial charge in [-0.15, -0.1) is 0 Å². The number of rotatable bonds is 4. The van der Waals surface area contributed by atoms with Crippen LogP contribution in [0.25, 0.3) is 0 Å². The number of benzene rings is 1. The molecular weight excluding hydrogens is 314 g/mol. The van der Waals surface area contributed by atoms with Crippen molar-refractivity contribution < 1.29 is 14.7 Å². The third kappa shape index (κ3) is 3.37. The van der Waals surface area contributed by atoms with Gasteiger partial charge in [0, 0.05) is 10.5 Å². The van der Waals surface area contributed by atoms with Gasteiger partial charge in [0.05, 0.1) is 12.8 Å². The first kappa shape index (κ1) is 15.3. The van der Waals surface area contributed by atoms with Crippen LogP contribution < -0.4 is 15.8 Å². The Balaban J connectivity index is 3.00. The Morgan fingerprint density at radius 1 is 1.53 bits per heavy atom. The average Bonchev–Trinajstić information content (AvgIpc) is 2.39. The standard InChI is InChI=1S/C12H16BrN3O3/c1-12(2,10(14)16-18)11(17)15-9-6-7(19-3)4-5-8(9)13/h4-6,18H,1-3H3,(H2,14,16)(H,15,17). The van der Waals surface area contributed by atoms with Crippen molar-refractivity contribution in [3.8, 4) is 5.75 Å². The van der Waals surface area contributed by atoms with Gasteiger partial charge in [-0.3, -0.25) is 4.79 Å². The van der Waals surface area contributed by atoms with Crippen LogP contribution in [0.5, 0.6) is 5.75 Å². The molecule has 0 bridgehead atoms. The Bertz CT molecular complexity index is 515. The molecule has 0 saturated heterocycles. The number of hydrogen-bond donors (Lipinski definition) is 3. The van der Waals surface area contributed by atoms with Gasteiger partial charge >= 0.3 is 0 Å². The van der Waals surface area contributed by atoms with Crippen molar-refractivity contribution in [2.45, 2.75) is 13.8 Å². The van der Waals surface area contributed by atoms with E-state index in [1.807, 2.05) is 0 Å². The molecule has 7 heteroatoms. The van der Waals surface area contributed by atoms with Crippen molar-refractivity contribution in [3.05, 3.63) is 22.7 Å². The number of halogens is 1. The van der Waals surface area contributed by atoms with E-state index in [9.17, 15) is 4.79 Å². The van der Waals surface area contributed by atoms with E-state index in [0.29, 0.717) is 15.9 Å². The van der Waals surface area contributed by atoms with Crippen molar-refractivity contribution >= 4 is 33.4 Å². The molecule has 1 aromatic carbocycles. The predicted molar refractivity (Wildman–Crippen MR) is 76.5 cm³/mol. The van der Waals surface area contributed by atoms with Gasteiger partial charge in [-0.1, -0.05) is 5.16 Å². The summed E-state index contributed by atoms with van der Waals surface area (Å²) in [6.07, 6.45) is 0. The van der Waals surface area contributed by atoms with Crippen molar-refractivity contribution in [2.75, 3.05) is 12.4 Å². The molecule has 0 aliphatic heterocycles. The largest absolute Gasteiger partial charge is 0.497 e. The molecule has 0 unspecified atom stereocenters. The van der Waals surface area contributed by atoms with Gasteiger partial charge in [0.2, 0.25) is 5.91 Å². The molecule has 0 heterocycles. The summed E-state index contributed by atoms with van der Waals surface area (Å²) in [5.41, 5.74) is 4.92. The summed E-state index contributed by atoms with van der Waals surface area (Å²) in [6, 6.07) is 5.18. The number of oxime groups is 1. The van der Waals surface area contributed by atoms with Crippen LogP contribution >= 0.6 is 15.9 Å². The van der Waals surface area contributed by atoms with Gasteiger partial charge in [-0.05, 0) is 41.9 Å². The summed E-state index contributed by atoms with van der Waals surface area (Å²) < 4.78 is 5.79. The molecule has 0 atom stereocenters. The highest BCUT2D eigenvalue weighted by Crippen LogP contribution is 2.29. The number of amides is 1. The van der Waals surface area contributed by atoms with Crippen molar-refractivity contribution in [1.29, 1.82) is 0 Å². The molecule has 19 heavy (non-hydrogen) atoms. The van der Waals surface area contributed by atoms with E-state index in [1.54, 1.807) is 32.0 Å². The lowest BCUT2D eigenvalue weighted by atomic mass is 9.91. The second-order valence-electron chi connectivity index (χ2n) is 4.41. The maximum atomic E-state index is 12.1. The lowest BCUT2D eigenvalue weighted by Crippen LogP contribution is -2.42. The number of nitrogens with zero attached hydrogens (tertiary/aromatic N) is 1. The molecule has 0 fully saturated rings. The van der Waals surface area contributed by atoms with Gasteiger partial charge in [-0.25, -0.2) is 0 Å². The molecule has 4 N–H and O–H groups in total. The SMILES string of the molecule is COc1ccc(Br)c(NC(=O)C(C)(C)C(N)=NO)c1. The molecule has 0 radical (unpaired) electrons. The molecule has 1 amide bonds. The molecule has 0 aromatic heterocycles. The Hall–Kier alpha value is -1.76. The fourth-order valence-electron chi connectivity index (χ4n) is 1.25. The zero-order valence-corrected chi connectivity index (χ0v) is 12.5. The van der Waals surface area contributed by atoms with Gasteiger partial charge < -0.3 is 21.0 Å². The van der Waals surface area contributed by atoms with Crippen LogP contribution in [0.3, 0.4) is 0 Å². The number of nitrogens with two attached hydrogens (primary N) is 1. The minimum atomic E-state index is -1.13. The highest BCUT2D eigenvalue weighted by molar-refractivity contribution is 9.10. The summed E-state index contributed by atoms with van der Waals surface area (Å²) >= 11 is 3.33. The summed E-state index contributed by atoms with van der Waals surface area (Å²) in [5, 5.41) is 14.3. The zero-order chi connectivity index (χ0) is 14.6. The maximum Gasteiger partial charge on any atom is 0.237 e. The van der Waals surface area contributed by atoms with Gasteiger partial charge in [0.1, 0.15) is 11.2 Å². The number of carbonyl (C=O) groups is 1. The summed E-state index contributed by atoms with van der Waals surface area (Å²) in [6.45, 7) is 3.12. The second-order valence-corrected chi connectivity index (χ2v) is 5.26. The molecule has 0 aliphatic carbocycles. The number of anilines is 1. The van der Waals surface area contributed by atoms with Crippen molar-refractivity contribution in [1.82, 2.24) is 0 Å². The third-order valence-corrected chi connectivity index (χ3v) is 3.43. The first-order valence-corrected chi connectivity index (χ1v) is 6.25. The summed E-state index contributed by atoms with van der Waals surface area (Å²) in [4.78, 5) is 12.1. The number of nitrogens with one attached hydrogen (secondary N) is 1. The first-order valence-electron chi connectivity index (χ1n) is 5.46. The van der Waals surface area contributed by atoms with Crippen LogP contribution in [-0.2, 0) is 4.79 Å². The van der Waals surface area contributed by atoms with E-state index in [-0.39, 0.29) is 5.84 Å². The molecule has 1 aromatic rings. The highest BCUT2D eigenvalue weighted by atomic mass is 79.9. The minimum Gasteiger partial charge on any atom is -0.497 e.